The van der Waals surface area contributed by atoms with Crippen molar-refractivity contribution in [3.8, 4) is 5.75 Å². The van der Waals surface area contributed by atoms with Gasteiger partial charge in [0.2, 0.25) is 0 Å². The molecule has 1 aliphatic heterocycles. The summed E-state index contributed by atoms with van der Waals surface area (Å²) in [6, 6.07) is 13.5. The van der Waals surface area contributed by atoms with Crippen LogP contribution in [0.15, 0.2) is 36.4 Å². The summed E-state index contributed by atoms with van der Waals surface area (Å²) >= 11 is 0. The summed E-state index contributed by atoms with van der Waals surface area (Å²) in [5, 5.41) is 3.67. The zero-order valence-corrected chi connectivity index (χ0v) is 14.2. The van der Waals surface area contributed by atoms with Crippen molar-refractivity contribution in [1.82, 2.24) is 0 Å². The molecule has 2 nitrogen and oxygen atoms in total. The number of anilines is 1. The van der Waals surface area contributed by atoms with E-state index in [1.165, 1.54) is 27.9 Å². The first-order chi connectivity index (χ1) is 10.4. The van der Waals surface area contributed by atoms with E-state index in [1.54, 1.807) is 7.11 Å². The molecule has 2 heteroatoms. The second kappa shape index (κ2) is 5.35. The predicted molar refractivity (Wildman–Crippen MR) is 92.9 cm³/mol. The van der Waals surface area contributed by atoms with Crippen molar-refractivity contribution < 1.29 is 4.74 Å². The van der Waals surface area contributed by atoms with Gasteiger partial charge in [-0.05, 0) is 59.2 Å². The average Bonchev–Trinajstić information content (AvgIpc) is 2.88. The molecule has 2 aromatic carbocycles. The fraction of sp³-hybridized carbons (Fsp3) is 0.400. The largest absolute Gasteiger partial charge is 0.497 e. The van der Waals surface area contributed by atoms with Crippen LogP contribution in [0.3, 0.4) is 0 Å². The number of hydrogen-bond donors (Lipinski definition) is 1. The van der Waals surface area contributed by atoms with Gasteiger partial charge in [-0.15, -0.1) is 0 Å². The highest BCUT2D eigenvalue weighted by Gasteiger charge is 2.25. The summed E-state index contributed by atoms with van der Waals surface area (Å²) in [5.74, 6) is 0.923. The van der Waals surface area contributed by atoms with Gasteiger partial charge in [0.05, 0.1) is 13.2 Å². The molecule has 0 saturated heterocycles. The van der Waals surface area contributed by atoms with Crippen LogP contribution in [-0.2, 0) is 11.8 Å². The van der Waals surface area contributed by atoms with Crippen LogP contribution in [0.4, 0.5) is 5.69 Å². The summed E-state index contributed by atoms with van der Waals surface area (Å²) in [6.45, 7) is 8.95. The molecule has 0 aromatic heterocycles. The molecule has 0 fully saturated rings. The van der Waals surface area contributed by atoms with Gasteiger partial charge in [0, 0.05) is 5.69 Å². The number of hydrogen-bond acceptors (Lipinski definition) is 2. The Labute approximate surface area is 133 Å². The first-order valence-electron chi connectivity index (χ1n) is 7.93. The Morgan fingerprint density at radius 2 is 1.86 bits per heavy atom. The van der Waals surface area contributed by atoms with Crippen LogP contribution in [-0.4, -0.2) is 7.11 Å². The molecule has 3 rings (SSSR count). The maximum absolute atomic E-state index is 5.31. The molecule has 0 radical (unpaired) electrons. The fourth-order valence-electron chi connectivity index (χ4n) is 3.18. The quantitative estimate of drug-likeness (QED) is 0.841. The second-order valence-electron chi connectivity index (χ2n) is 7.25. The minimum absolute atomic E-state index is 0.198. The average molecular weight is 295 g/mol. The maximum Gasteiger partial charge on any atom is 0.119 e. The number of ether oxygens (including phenoxy) is 1. The zero-order chi connectivity index (χ0) is 15.9. The van der Waals surface area contributed by atoms with Gasteiger partial charge in [-0.3, -0.25) is 0 Å². The van der Waals surface area contributed by atoms with Crippen molar-refractivity contribution in [3.63, 3.8) is 0 Å². The molecular weight excluding hydrogens is 270 g/mol. The van der Waals surface area contributed by atoms with Gasteiger partial charge in [0.1, 0.15) is 5.75 Å². The number of rotatable bonds is 2. The molecule has 0 spiro atoms. The Balaban J connectivity index is 1.88. The van der Waals surface area contributed by atoms with Crippen molar-refractivity contribution in [2.24, 2.45) is 0 Å². The molecule has 1 heterocycles. The van der Waals surface area contributed by atoms with Crippen molar-refractivity contribution in [2.75, 3.05) is 12.4 Å². The Bertz CT molecular complexity index is 697. The molecule has 0 amide bonds. The van der Waals surface area contributed by atoms with Gasteiger partial charge in [0.25, 0.3) is 0 Å². The van der Waals surface area contributed by atoms with Gasteiger partial charge >= 0.3 is 0 Å². The van der Waals surface area contributed by atoms with Crippen LogP contribution in [0.5, 0.6) is 5.75 Å². The number of methoxy groups -OCH3 is 1. The van der Waals surface area contributed by atoms with E-state index in [0.717, 1.165) is 12.2 Å². The Morgan fingerprint density at radius 3 is 2.50 bits per heavy atom. The van der Waals surface area contributed by atoms with Gasteiger partial charge in [-0.25, -0.2) is 0 Å². The lowest BCUT2D eigenvalue weighted by atomic mass is 9.85. The standard InChI is InChI=1S/C20H25NO/c1-13-10-16(22-5)7-8-17(13)19-12-14-11-15(20(2,3)4)6-9-18(14)21-19/h6-11,19,21H,12H2,1-5H3. The Hall–Kier alpha value is -1.96. The van der Waals surface area contributed by atoms with Crippen LogP contribution in [0.25, 0.3) is 0 Å². The first-order valence-corrected chi connectivity index (χ1v) is 7.93. The lowest BCUT2D eigenvalue weighted by Crippen LogP contribution is -2.11. The van der Waals surface area contributed by atoms with Crippen LogP contribution < -0.4 is 10.1 Å². The highest BCUT2D eigenvalue weighted by Crippen LogP contribution is 2.38. The van der Waals surface area contributed by atoms with Gasteiger partial charge in [-0.2, -0.15) is 0 Å². The monoisotopic (exact) mass is 295 g/mol. The van der Waals surface area contributed by atoms with Crippen LogP contribution in [0.2, 0.25) is 0 Å². The Kier molecular flexibility index (Phi) is 3.64. The van der Waals surface area contributed by atoms with E-state index in [9.17, 15) is 0 Å². The van der Waals surface area contributed by atoms with Crippen LogP contribution in [0, 0.1) is 6.92 Å². The minimum atomic E-state index is 0.198. The van der Waals surface area contributed by atoms with Gasteiger partial charge in [0.15, 0.2) is 0 Å². The van der Waals surface area contributed by atoms with Gasteiger partial charge < -0.3 is 10.1 Å². The number of aryl methyl sites for hydroxylation is 1. The maximum atomic E-state index is 5.31. The van der Waals surface area contributed by atoms with Crippen LogP contribution in [0.1, 0.15) is 49.1 Å². The molecule has 0 aliphatic carbocycles. The molecule has 0 bridgehead atoms. The Morgan fingerprint density at radius 1 is 1.09 bits per heavy atom. The molecule has 0 saturated carbocycles. The number of benzene rings is 2. The summed E-state index contributed by atoms with van der Waals surface area (Å²) < 4.78 is 5.31. The minimum Gasteiger partial charge on any atom is -0.497 e. The van der Waals surface area contributed by atoms with Crippen LogP contribution >= 0.6 is 0 Å². The number of fused-ring (bicyclic) bond motifs is 1. The topological polar surface area (TPSA) is 21.3 Å². The number of nitrogens with one attached hydrogen (secondary N) is 1. The predicted octanol–water partition coefficient (Wildman–Crippen LogP) is 5.01. The summed E-state index contributed by atoms with van der Waals surface area (Å²) in [7, 11) is 1.71. The van der Waals surface area contributed by atoms with Crippen molar-refractivity contribution >= 4 is 5.69 Å². The zero-order valence-electron chi connectivity index (χ0n) is 14.2. The smallest absolute Gasteiger partial charge is 0.119 e. The van der Waals surface area contributed by atoms with E-state index in [0.29, 0.717) is 6.04 Å². The summed E-state index contributed by atoms with van der Waals surface area (Å²) in [5.41, 5.74) is 6.93. The molecule has 1 N–H and O–H groups in total. The SMILES string of the molecule is COc1ccc(C2Cc3cc(C(C)(C)C)ccc3N2)c(C)c1. The van der Waals surface area contributed by atoms with E-state index in [-0.39, 0.29) is 5.41 Å². The fourth-order valence-corrected chi connectivity index (χ4v) is 3.18. The third-order valence-corrected chi connectivity index (χ3v) is 4.58. The summed E-state index contributed by atoms with van der Waals surface area (Å²) in [6.07, 6.45) is 1.05. The van der Waals surface area contributed by atoms with E-state index in [4.69, 9.17) is 4.74 Å². The first kappa shape index (κ1) is 15.0. The van der Waals surface area contributed by atoms with E-state index in [1.807, 2.05) is 6.07 Å². The van der Waals surface area contributed by atoms with Crippen molar-refractivity contribution in [1.29, 1.82) is 0 Å². The third-order valence-electron chi connectivity index (χ3n) is 4.58. The highest BCUT2D eigenvalue weighted by atomic mass is 16.5. The summed E-state index contributed by atoms with van der Waals surface area (Å²) in [4.78, 5) is 0. The molecular formula is C20H25NO. The molecule has 116 valence electrons. The molecule has 1 aliphatic rings. The van der Waals surface area contributed by atoms with E-state index >= 15 is 0 Å². The van der Waals surface area contributed by atoms with Gasteiger partial charge in [-0.1, -0.05) is 39.0 Å². The molecule has 22 heavy (non-hydrogen) atoms. The van der Waals surface area contributed by atoms with Crippen molar-refractivity contribution in [2.45, 2.75) is 45.6 Å². The third kappa shape index (κ3) is 2.70. The molecule has 1 atom stereocenters. The lowest BCUT2D eigenvalue weighted by molar-refractivity contribution is 0.414. The van der Waals surface area contributed by atoms with E-state index < -0.39 is 0 Å². The normalized spacial score (nSPS) is 17.0. The van der Waals surface area contributed by atoms with E-state index in [2.05, 4.69) is 63.3 Å². The second-order valence-corrected chi connectivity index (χ2v) is 7.25. The lowest BCUT2D eigenvalue weighted by Gasteiger charge is -2.19. The molecule has 1 unspecified atom stereocenters. The molecule has 2 aromatic rings. The highest BCUT2D eigenvalue weighted by molar-refractivity contribution is 5.60. The van der Waals surface area contributed by atoms with Crippen molar-refractivity contribution in [3.05, 3.63) is 58.7 Å².